The summed E-state index contributed by atoms with van der Waals surface area (Å²) in [5.41, 5.74) is 4.79. The van der Waals surface area contributed by atoms with E-state index in [1.54, 1.807) is 28.9 Å². The number of hydrogen-bond donors (Lipinski definition) is 1. The Morgan fingerprint density at radius 1 is 1.14 bits per heavy atom. The molecular weight excluding hydrogens is 386 g/mol. The minimum atomic E-state index is -0.180. The number of anilines is 1. The molecule has 1 heterocycles. The highest BCUT2D eigenvalue weighted by molar-refractivity contribution is 7.99. The van der Waals surface area contributed by atoms with Gasteiger partial charge in [0.25, 0.3) is 0 Å². The summed E-state index contributed by atoms with van der Waals surface area (Å²) in [5.74, 6) is -0.0548. The summed E-state index contributed by atoms with van der Waals surface area (Å²) >= 11 is 1.28. The van der Waals surface area contributed by atoms with Gasteiger partial charge in [0.15, 0.2) is 5.78 Å². The molecule has 7 nitrogen and oxygen atoms in total. The summed E-state index contributed by atoms with van der Waals surface area (Å²) in [5, 5.41) is 15.5. The van der Waals surface area contributed by atoms with E-state index in [1.165, 1.54) is 36.2 Å². The van der Waals surface area contributed by atoms with Gasteiger partial charge in [0, 0.05) is 11.3 Å². The number of aryl methyl sites for hydroxylation is 1. The van der Waals surface area contributed by atoms with E-state index >= 15 is 0 Å². The molecular formula is C21H21N5O2S. The smallest absolute Gasteiger partial charge is 0.234 e. The molecule has 0 saturated heterocycles. The second-order valence-corrected chi connectivity index (χ2v) is 7.91. The van der Waals surface area contributed by atoms with Crippen LogP contribution in [-0.2, 0) is 17.6 Å². The SMILES string of the molecule is CC(=O)c1cccc(NC(=O)CSc2nnnn2-c2cccc3c2CCCC3)c1. The van der Waals surface area contributed by atoms with Crippen LogP contribution in [0.1, 0.15) is 41.3 Å². The lowest BCUT2D eigenvalue weighted by molar-refractivity contribution is -0.113. The van der Waals surface area contributed by atoms with Crippen LogP contribution in [0.4, 0.5) is 5.69 Å². The van der Waals surface area contributed by atoms with E-state index < -0.39 is 0 Å². The van der Waals surface area contributed by atoms with Crippen LogP contribution in [0.15, 0.2) is 47.6 Å². The van der Waals surface area contributed by atoms with Crippen LogP contribution in [0.3, 0.4) is 0 Å². The number of benzene rings is 2. The van der Waals surface area contributed by atoms with Gasteiger partial charge in [-0.1, -0.05) is 36.0 Å². The molecule has 2 aromatic carbocycles. The molecule has 1 aliphatic carbocycles. The van der Waals surface area contributed by atoms with Gasteiger partial charge in [-0.3, -0.25) is 9.59 Å². The number of rotatable bonds is 6. The van der Waals surface area contributed by atoms with E-state index in [0.29, 0.717) is 16.4 Å². The van der Waals surface area contributed by atoms with Crippen LogP contribution in [0.5, 0.6) is 0 Å². The summed E-state index contributed by atoms with van der Waals surface area (Å²) in [7, 11) is 0. The van der Waals surface area contributed by atoms with E-state index in [9.17, 15) is 9.59 Å². The van der Waals surface area contributed by atoms with Crippen LogP contribution in [0, 0.1) is 0 Å². The Bertz CT molecular complexity index is 1060. The summed E-state index contributed by atoms with van der Waals surface area (Å²) < 4.78 is 1.72. The normalized spacial score (nSPS) is 13.0. The Morgan fingerprint density at radius 2 is 1.97 bits per heavy atom. The largest absolute Gasteiger partial charge is 0.325 e. The molecule has 4 rings (SSSR count). The van der Waals surface area contributed by atoms with Crippen LogP contribution in [0.2, 0.25) is 0 Å². The summed E-state index contributed by atoms with van der Waals surface area (Å²) in [6.07, 6.45) is 4.47. The molecule has 0 spiro atoms. The third kappa shape index (κ3) is 4.37. The quantitative estimate of drug-likeness (QED) is 0.497. The number of nitrogens with one attached hydrogen (secondary N) is 1. The van der Waals surface area contributed by atoms with Crippen LogP contribution >= 0.6 is 11.8 Å². The average molecular weight is 407 g/mol. The van der Waals surface area contributed by atoms with Crippen LogP contribution in [-0.4, -0.2) is 37.7 Å². The van der Waals surface area contributed by atoms with Crippen molar-refractivity contribution in [3.8, 4) is 5.69 Å². The highest BCUT2D eigenvalue weighted by atomic mass is 32.2. The highest BCUT2D eigenvalue weighted by Gasteiger charge is 2.18. The number of hydrogen-bond acceptors (Lipinski definition) is 6. The number of tetrazole rings is 1. The second kappa shape index (κ2) is 8.57. The Kier molecular flexibility index (Phi) is 5.71. The number of carbonyl (C=O) groups excluding carboxylic acids is 2. The zero-order valence-corrected chi connectivity index (χ0v) is 16.9. The summed E-state index contributed by atoms with van der Waals surface area (Å²) in [6, 6.07) is 13.1. The number of thioether (sulfide) groups is 1. The fourth-order valence-electron chi connectivity index (χ4n) is 3.52. The predicted octanol–water partition coefficient (Wildman–Crippen LogP) is 3.47. The van der Waals surface area contributed by atoms with Gasteiger partial charge >= 0.3 is 0 Å². The first-order chi connectivity index (χ1) is 14.1. The molecule has 0 aliphatic heterocycles. The van der Waals surface area contributed by atoms with Crippen molar-refractivity contribution in [1.82, 2.24) is 20.2 Å². The lowest BCUT2D eigenvalue weighted by atomic mass is 9.90. The Balaban J connectivity index is 1.46. The molecule has 148 valence electrons. The maximum atomic E-state index is 12.4. The van der Waals surface area contributed by atoms with Gasteiger partial charge in [-0.05, 0) is 72.4 Å². The van der Waals surface area contributed by atoms with Crippen molar-refractivity contribution in [1.29, 1.82) is 0 Å². The second-order valence-electron chi connectivity index (χ2n) is 6.97. The van der Waals surface area contributed by atoms with Crippen LogP contribution < -0.4 is 5.32 Å². The van der Waals surface area contributed by atoms with Crippen molar-refractivity contribution >= 4 is 29.1 Å². The lowest BCUT2D eigenvalue weighted by Gasteiger charge is -2.19. The highest BCUT2D eigenvalue weighted by Crippen LogP contribution is 2.28. The van der Waals surface area contributed by atoms with Crippen molar-refractivity contribution in [2.75, 3.05) is 11.1 Å². The van der Waals surface area contributed by atoms with E-state index in [-0.39, 0.29) is 17.4 Å². The third-order valence-electron chi connectivity index (χ3n) is 4.93. The van der Waals surface area contributed by atoms with Gasteiger partial charge in [0.1, 0.15) is 0 Å². The molecule has 1 aromatic heterocycles. The maximum Gasteiger partial charge on any atom is 0.234 e. The maximum absolute atomic E-state index is 12.4. The van der Waals surface area contributed by atoms with Crippen molar-refractivity contribution in [3.63, 3.8) is 0 Å². The molecule has 1 N–H and O–H groups in total. The number of ketones is 1. The zero-order valence-electron chi connectivity index (χ0n) is 16.1. The molecule has 29 heavy (non-hydrogen) atoms. The van der Waals surface area contributed by atoms with Gasteiger partial charge in [-0.25, -0.2) is 0 Å². The summed E-state index contributed by atoms with van der Waals surface area (Å²) in [4.78, 5) is 23.9. The van der Waals surface area contributed by atoms with Crippen molar-refractivity contribution in [2.24, 2.45) is 0 Å². The van der Waals surface area contributed by atoms with E-state index in [4.69, 9.17) is 0 Å². The molecule has 0 bridgehead atoms. The minimum absolute atomic E-state index is 0.0409. The van der Waals surface area contributed by atoms with E-state index in [2.05, 4.69) is 26.9 Å². The van der Waals surface area contributed by atoms with Gasteiger partial charge < -0.3 is 5.32 Å². The fraction of sp³-hybridized carbons (Fsp3) is 0.286. The molecule has 0 unspecified atom stereocenters. The topological polar surface area (TPSA) is 89.8 Å². The van der Waals surface area contributed by atoms with Crippen LogP contribution in [0.25, 0.3) is 5.69 Å². The molecule has 3 aromatic rings. The van der Waals surface area contributed by atoms with Crippen molar-refractivity contribution in [2.45, 2.75) is 37.8 Å². The Labute approximate surface area is 172 Å². The Hall–Kier alpha value is -3.00. The number of fused-ring (bicyclic) bond motifs is 1. The number of aromatic nitrogens is 4. The number of Topliss-reactive ketones (excluding diaryl/α,β-unsaturated/α-hetero) is 1. The first-order valence-corrected chi connectivity index (χ1v) is 10.5. The minimum Gasteiger partial charge on any atom is -0.325 e. The monoisotopic (exact) mass is 407 g/mol. The van der Waals surface area contributed by atoms with Gasteiger partial charge in [-0.15, -0.1) is 5.10 Å². The van der Waals surface area contributed by atoms with Crippen molar-refractivity contribution in [3.05, 3.63) is 59.2 Å². The summed E-state index contributed by atoms with van der Waals surface area (Å²) in [6.45, 7) is 1.50. The van der Waals surface area contributed by atoms with Crippen molar-refractivity contribution < 1.29 is 9.59 Å². The van der Waals surface area contributed by atoms with Gasteiger partial charge in [0.05, 0.1) is 11.4 Å². The molecule has 0 saturated carbocycles. The molecule has 8 heteroatoms. The average Bonchev–Trinajstić information content (AvgIpc) is 3.20. The van der Waals surface area contributed by atoms with E-state index in [0.717, 1.165) is 24.9 Å². The zero-order chi connectivity index (χ0) is 20.2. The first kappa shape index (κ1) is 19.3. The molecule has 0 atom stereocenters. The Morgan fingerprint density at radius 3 is 2.83 bits per heavy atom. The standard InChI is InChI=1S/C21H21N5O2S/c1-14(27)16-8-4-9-17(12-16)22-20(28)13-29-21-23-24-25-26(21)19-11-5-7-15-6-2-3-10-18(15)19/h4-5,7-9,11-12H,2-3,6,10,13H2,1H3,(H,22,28). The van der Waals surface area contributed by atoms with Gasteiger partial charge in [-0.2, -0.15) is 4.68 Å². The third-order valence-corrected chi connectivity index (χ3v) is 5.84. The molecule has 0 fully saturated rings. The molecule has 0 radical (unpaired) electrons. The number of nitrogens with zero attached hydrogens (tertiary/aromatic N) is 4. The number of carbonyl (C=O) groups is 2. The first-order valence-electron chi connectivity index (χ1n) is 9.55. The van der Waals surface area contributed by atoms with Gasteiger partial charge in [0.2, 0.25) is 11.1 Å². The molecule has 1 aliphatic rings. The van der Waals surface area contributed by atoms with E-state index in [1.807, 2.05) is 12.1 Å². The predicted molar refractivity (Wildman–Crippen MR) is 112 cm³/mol. The molecule has 1 amide bonds. The lowest BCUT2D eigenvalue weighted by Crippen LogP contribution is -2.15. The number of amides is 1. The fourth-order valence-corrected chi connectivity index (χ4v) is 4.21.